The number of fused-ring (bicyclic) bond motifs is 1. The van der Waals surface area contributed by atoms with E-state index in [0.29, 0.717) is 0 Å². The van der Waals surface area contributed by atoms with Crippen molar-refractivity contribution in [1.29, 1.82) is 0 Å². The van der Waals surface area contributed by atoms with Gasteiger partial charge in [-0.3, -0.25) is 0 Å². The average molecular weight is 286 g/mol. The fourth-order valence-corrected chi connectivity index (χ4v) is 3.33. The second kappa shape index (κ2) is 5.97. The van der Waals surface area contributed by atoms with Crippen LogP contribution >= 0.6 is 0 Å². The van der Waals surface area contributed by atoms with Gasteiger partial charge in [-0.1, -0.05) is 31.5 Å². The zero-order chi connectivity index (χ0) is 14.8. The van der Waals surface area contributed by atoms with Crippen LogP contribution in [0, 0.1) is 11.6 Å². The summed E-state index contributed by atoms with van der Waals surface area (Å²) in [6.07, 6.45) is 4.47. The van der Waals surface area contributed by atoms with Crippen LogP contribution in [0.5, 0.6) is 0 Å². The molecule has 0 nitrogen and oxygen atoms in total. The molecular weight excluding hydrogens is 266 g/mol. The lowest BCUT2D eigenvalue weighted by molar-refractivity contribution is 0.529. The molecule has 0 saturated carbocycles. The SMILES string of the molecule is CCCc1ccc(C2CCc3cc(F)ccc3C2)c(F)c1. The maximum Gasteiger partial charge on any atom is 0.126 e. The molecule has 3 rings (SSSR count). The van der Waals surface area contributed by atoms with E-state index in [4.69, 9.17) is 0 Å². The van der Waals surface area contributed by atoms with E-state index in [1.807, 2.05) is 18.2 Å². The highest BCUT2D eigenvalue weighted by atomic mass is 19.1. The molecule has 2 aromatic carbocycles. The zero-order valence-corrected chi connectivity index (χ0v) is 12.3. The molecule has 0 amide bonds. The minimum Gasteiger partial charge on any atom is -0.207 e. The topological polar surface area (TPSA) is 0 Å². The van der Waals surface area contributed by atoms with Crippen LogP contribution in [0.15, 0.2) is 36.4 Å². The first kappa shape index (κ1) is 14.2. The van der Waals surface area contributed by atoms with Gasteiger partial charge in [0.15, 0.2) is 0 Å². The van der Waals surface area contributed by atoms with Gasteiger partial charge in [0, 0.05) is 0 Å². The Kier molecular flexibility index (Phi) is 4.05. The van der Waals surface area contributed by atoms with Crippen LogP contribution in [0.3, 0.4) is 0 Å². The molecule has 1 atom stereocenters. The van der Waals surface area contributed by atoms with Gasteiger partial charge in [0.05, 0.1) is 0 Å². The van der Waals surface area contributed by atoms with Crippen LogP contribution in [0.2, 0.25) is 0 Å². The van der Waals surface area contributed by atoms with Crippen LogP contribution in [-0.2, 0) is 19.3 Å². The average Bonchev–Trinajstić information content (AvgIpc) is 2.47. The molecule has 0 bridgehead atoms. The predicted molar refractivity (Wildman–Crippen MR) is 81.6 cm³/mol. The molecule has 0 aromatic heterocycles. The number of hydrogen-bond donors (Lipinski definition) is 0. The summed E-state index contributed by atoms with van der Waals surface area (Å²) in [6, 6.07) is 10.6. The standard InChI is InChI=1S/C19H20F2/c1-2-3-13-4-9-18(19(21)10-13)16-6-5-15-12-17(20)8-7-14(15)11-16/h4,7-10,12,16H,2-3,5-6,11H2,1H3. The number of aryl methyl sites for hydroxylation is 2. The van der Waals surface area contributed by atoms with Crippen LogP contribution < -0.4 is 0 Å². The summed E-state index contributed by atoms with van der Waals surface area (Å²) in [5.41, 5.74) is 4.11. The van der Waals surface area contributed by atoms with E-state index in [2.05, 4.69) is 6.92 Å². The van der Waals surface area contributed by atoms with Crippen molar-refractivity contribution in [2.45, 2.75) is 44.9 Å². The molecule has 2 aromatic rings. The first-order valence-electron chi connectivity index (χ1n) is 7.73. The van der Waals surface area contributed by atoms with Gasteiger partial charge in [0.2, 0.25) is 0 Å². The lowest BCUT2D eigenvalue weighted by Crippen LogP contribution is -2.14. The first-order chi connectivity index (χ1) is 10.2. The lowest BCUT2D eigenvalue weighted by atomic mass is 9.80. The van der Waals surface area contributed by atoms with E-state index >= 15 is 0 Å². The van der Waals surface area contributed by atoms with Crippen LogP contribution in [0.1, 0.15) is 47.9 Å². The highest BCUT2D eigenvalue weighted by Crippen LogP contribution is 2.34. The van der Waals surface area contributed by atoms with Gasteiger partial charge in [-0.25, -0.2) is 8.78 Å². The van der Waals surface area contributed by atoms with Crippen LogP contribution in [0.4, 0.5) is 8.78 Å². The molecule has 1 unspecified atom stereocenters. The highest BCUT2D eigenvalue weighted by molar-refractivity contribution is 5.35. The molecule has 110 valence electrons. The Balaban J connectivity index is 1.84. The van der Waals surface area contributed by atoms with E-state index in [9.17, 15) is 8.78 Å². The summed E-state index contributed by atoms with van der Waals surface area (Å²) in [4.78, 5) is 0. The van der Waals surface area contributed by atoms with Crippen LogP contribution in [0.25, 0.3) is 0 Å². The van der Waals surface area contributed by atoms with Crippen molar-refractivity contribution in [2.75, 3.05) is 0 Å². The molecule has 0 aliphatic heterocycles. The van der Waals surface area contributed by atoms with Gasteiger partial charge < -0.3 is 0 Å². The highest BCUT2D eigenvalue weighted by Gasteiger charge is 2.22. The van der Waals surface area contributed by atoms with E-state index in [1.165, 1.54) is 6.07 Å². The Labute approximate surface area is 124 Å². The third-order valence-electron chi connectivity index (χ3n) is 4.44. The van der Waals surface area contributed by atoms with E-state index in [-0.39, 0.29) is 17.6 Å². The number of rotatable bonds is 3. The maximum absolute atomic E-state index is 14.3. The third-order valence-corrected chi connectivity index (χ3v) is 4.44. The molecule has 0 heterocycles. The molecule has 0 radical (unpaired) electrons. The number of halogens is 2. The molecule has 0 spiro atoms. The molecule has 2 heteroatoms. The van der Waals surface area contributed by atoms with Crippen LogP contribution in [-0.4, -0.2) is 0 Å². The zero-order valence-electron chi connectivity index (χ0n) is 12.3. The summed E-state index contributed by atoms with van der Waals surface area (Å²) in [5, 5.41) is 0. The Morgan fingerprint density at radius 1 is 1.05 bits per heavy atom. The van der Waals surface area contributed by atoms with E-state index < -0.39 is 0 Å². The molecule has 1 aliphatic rings. The van der Waals surface area contributed by atoms with Crippen molar-refractivity contribution in [2.24, 2.45) is 0 Å². The second-order valence-corrected chi connectivity index (χ2v) is 5.96. The Morgan fingerprint density at radius 3 is 2.67 bits per heavy atom. The number of benzene rings is 2. The normalized spacial score (nSPS) is 17.6. The fraction of sp³-hybridized carbons (Fsp3) is 0.368. The quantitative estimate of drug-likeness (QED) is 0.728. The van der Waals surface area contributed by atoms with Gasteiger partial charge in [-0.2, -0.15) is 0 Å². The van der Waals surface area contributed by atoms with Gasteiger partial charge in [0.1, 0.15) is 11.6 Å². The van der Waals surface area contributed by atoms with Gasteiger partial charge in [-0.05, 0) is 72.1 Å². The Hall–Kier alpha value is -1.70. The molecular formula is C19H20F2. The largest absolute Gasteiger partial charge is 0.207 e. The third kappa shape index (κ3) is 2.99. The molecule has 1 aliphatic carbocycles. The van der Waals surface area contributed by atoms with Crippen molar-refractivity contribution in [3.63, 3.8) is 0 Å². The summed E-state index contributed by atoms with van der Waals surface area (Å²) in [7, 11) is 0. The van der Waals surface area contributed by atoms with Gasteiger partial charge in [0.25, 0.3) is 0 Å². The minimum atomic E-state index is -0.178. The predicted octanol–water partition coefficient (Wildman–Crippen LogP) is 5.19. The Morgan fingerprint density at radius 2 is 1.90 bits per heavy atom. The van der Waals surface area contributed by atoms with Gasteiger partial charge >= 0.3 is 0 Å². The molecule has 0 fully saturated rings. The van der Waals surface area contributed by atoms with Crippen molar-refractivity contribution < 1.29 is 8.78 Å². The summed E-state index contributed by atoms with van der Waals surface area (Å²) >= 11 is 0. The summed E-state index contributed by atoms with van der Waals surface area (Å²) in [5.74, 6) is -0.0579. The Bertz CT molecular complexity index is 646. The summed E-state index contributed by atoms with van der Waals surface area (Å²) in [6.45, 7) is 2.10. The number of hydrogen-bond acceptors (Lipinski definition) is 0. The first-order valence-corrected chi connectivity index (χ1v) is 7.73. The van der Waals surface area contributed by atoms with Crippen molar-refractivity contribution in [3.8, 4) is 0 Å². The summed E-state index contributed by atoms with van der Waals surface area (Å²) < 4.78 is 27.6. The lowest BCUT2D eigenvalue weighted by Gasteiger charge is -2.25. The van der Waals surface area contributed by atoms with E-state index in [1.54, 1.807) is 12.1 Å². The van der Waals surface area contributed by atoms with Crippen molar-refractivity contribution in [1.82, 2.24) is 0 Å². The van der Waals surface area contributed by atoms with Gasteiger partial charge in [-0.15, -0.1) is 0 Å². The van der Waals surface area contributed by atoms with Crippen molar-refractivity contribution >= 4 is 0 Å². The maximum atomic E-state index is 14.3. The molecule has 0 N–H and O–H groups in total. The molecule has 0 saturated heterocycles. The second-order valence-electron chi connectivity index (χ2n) is 5.96. The minimum absolute atomic E-state index is 0.0866. The fourth-order valence-electron chi connectivity index (χ4n) is 3.33. The van der Waals surface area contributed by atoms with E-state index in [0.717, 1.165) is 54.4 Å². The monoisotopic (exact) mass is 286 g/mol. The molecule has 21 heavy (non-hydrogen) atoms. The van der Waals surface area contributed by atoms with Crippen molar-refractivity contribution in [3.05, 3.63) is 70.3 Å². The smallest absolute Gasteiger partial charge is 0.126 e.